The van der Waals surface area contributed by atoms with Gasteiger partial charge in [-0.05, 0) is 43.2 Å². The van der Waals surface area contributed by atoms with Crippen LogP contribution in [0.4, 0.5) is 13.2 Å². The number of halogens is 3. The number of carbonyl (C=O) groups excluding carboxylic acids is 1. The van der Waals surface area contributed by atoms with E-state index in [2.05, 4.69) is 4.74 Å². The van der Waals surface area contributed by atoms with Crippen molar-refractivity contribution in [3.8, 4) is 5.75 Å². The molecule has 0 aliphatic heterocycles. The van der Waals surface area contributed by atoms with E-state index >= 15 is 0 Å². The lowest BCUT2D eigenvalue weighted by Crippen LogP contribution is -2.25. The van der Waals surface area contributed by atoms with E-state index in [-0.39, 0.29) is 11.7 Å². The molecule has 0 unspecified atom stereocenters. The highest BCUT2D eigenvalue weighted by Crippen LogP contribution is 2.23. The molecule has 0 fully saturated rings. The van der Waals surface area contributed by atoms with E-state index in [0.717, 1.165) is 10.4 Å². The van der Waals surface area contributed by atoms with Crippen LogP contribution in [-0.4, -0.2) is 24.2 Å². The molecule has 0 bridgehead atoms. The van der Waals surface area contributed by atoms with Crippen molar-refractivity contribution in [1.82, 2.24) is 4.90 Å². The van der Waals surface area contributed by atoms with Crippen LogP contribution in [0.3, 0.4) is 0 Å². The molecule has 24 heavy (non-hydrogen) atoms. The van der Waals surface area contributed by atoms with Crippen molar-refractivity contribution < 1.29 is 22.7 Å². The van der Waals surface area contributed by atoms with E-state index < -0.39 is 6.36 Å². The topological polar surface area (TPSA) is 29.5 Å². The van der Waals surface area contributed by atoms with Crippen LogP contribution in [0.25, 0.3) is 0 Å². The minimum absolute atomic E-state index is 0.00308. The zero-order valence-corrected chi connectivity index (χ0v) is 14.2. The highest BCUT2D eigenvalue weighted by atomic mass is 32.1. The maximum Gasteiger partial charge on any atom is 0.573 e. The normalized spacial score (nSPS) is 11.4. The van der Waals surface area contributed by atoms with Crippen molar-refractivity contribution in [2.45, 2.75) is 32.7 Å². The van der Waals surface area contributed by atoms with Crippen molar-refractivity contribution in [3.63, 3.8) is 0 Å². The first-order chi connectivity index (χ1) is 11.2. The van der Waals surface area contributed by atoms with Crippen LogP contribution < -0.4 is 4.74 Å². The van der Waals surface area contributed by atoms with Crippen LogP contribution in [-0.2, 0) is 17.8 Å². The number of aryl methyl sites for hydroxylation is 2. The van der Waals surface area contributed by atoms with Gasteiger partial charge >= 0.3 is 6.36 Å². The number of ether oxygens (including phenoxy) is 1. The van der Waals surface area contributed by atoms with Crippen molar-refractivity contribution in [2.24, 2.45) is 0 Å². The van der Waals surface area contributed by atoms with E-state index in [1.165, 1.54) is 29.1 Å². The predicted molar refractivity (Wildman–Crippen MR) is 87.0 cm³/mol. The van der Waals surface area contributed by atoms with Gasteiger partial charge in [0.25, 0.3) is 0 Å². The molecule has 1 aromatic heterocycles. The summed E-state index contributed by atoms with van der Waals surface area (Å²) in [6.07, 6.45) is -3.92. The van der Waals surface area contributed by atoms with Gasteiger partial charge in [-0.1, -0.05) is 12.1 Å². The molecule has 0 atom stereocenters. The van der Waals surface area contributed by atoms with Gasteiger partial charge in [0.05, 0.1) is 6.54 Å². The van der Waals surface area contributed by atoms with E-state index in [0.29, 0.717) is 19.4 Å². The Bertz CT molecular complexity index is 680. The first-order valence-corrected chi connectivity index (χ1v) is 8.18. The Balaban J connectivity index is 1.82. The summed E-state index contributed by atoms with van der Waals surface area (Å²) in [5.74, 6) is -0.264. The Kier molecular flexibility index (Phi) is 5.88. The number of hydrogen-bond donors (Lipinski definition) is 0. The molecule has 0 radical (unpaired) electrons. The largest absolute Gasteiger partial charge is 0.573 e. The SMILES string of the molecule is Cc1ccc(CN(C)C(=O)CCc2ccc(OC(F)(F)F)cc2)s1. The first-order valence-electron chi connectivity index (χ1n) is 7.37. The maximum absolute atomic E-state index is 12.1. The Morgan fingerprint density at radius 3 is 2.38 bits per heavy atom. The summed E-state index contributed by atoms with van der Waals surface area (Å²) in [6.45, 7) is 2.58. The second-order valence-corrected chi connectivity index (χ2v) is 6.83. The fourth-order valence-corrected chi connectivity index (χ4v) is 3.14. The maximum atomic E-state index is 12.1. The van der Waals surface area contributed by atoms with E-state index in [4.69, 9.17) is 0 Å². The second-order valence-electron chi connectivity index (χ2n) is 5.45. The monoisotopic (exact) mass is 357 g/mol. The number of alkyl halides is 3. The van der Waals surface area contributed by atoms with Gasteiger partial charge in [0, 0.05) is 23.2 Å². The number of amides is 1. The summed E-state index contributed by atoms with van der Waals surface area (Å²) >= 11 is 1.65. The highest BCUT2D eigenvalue weighted by Gasteiger charge is 2.30. The van der Waals surface area contributed by atoms with Crippen molar-refractivity contribution in [3.05, 3.63) is 51.7 Å². The third kappa shape index (κ3) is 5.88. The molecule has 0 saturated heterocycles. The third-order valence-corrected chi connectivity index (χ3v) is 4.38. The zero-order chi connectivity index (χ0) is 17.7. The molecule has 3 nitrogen and oxygen atoms in total. The third-order valence-electron chi connectivity index (χ3n) is 3.40. The first kappa shape index (κ1) is 18.3. The molecule has 7 heteroatoms. The quantitative estimate of drug-likeness (QED) is 0.759. The fraction of sp³-hybridized carbons (Fsp3) is 0.353. The van der Waals surface area contributed by atoms with Crippen LogP contribution in [0.2, 0.25) is 0 Å². The van der Waals surface area contributed by atoms with E-state index in [1.807, 2.05) is 19.1 Å². The molecule has 0 saturated carbocycles. The number of nitrogens with zero attached hydrogens (tertiary/aromatic N) is 1. The molecule has 1 amide bonds. The van der Waals surface area contributed by atoms with Gasteiger partial charge in [0.15, 0.2) is 0 Å². The lowest BCUT2D eigenvalue weighted by Gasteiger charge is -2.16. The van der Waals surface area contributed by atoms with Crippen molar-refractivity contribution in [1.29, 1.82) is 0 Å². The predicted octanol–water partition coefficient (Wildman–Crippen LogP) is 4.55. The standard InChI is InChI=1S/C17H18F3NO2S/c1-12-3-9-15(24-12)11-21(2)16(22)10-6-13-4-7-14(8-5-13)23-17(18,19)20/h3-5,7-9H,6,10-11H2,1-2H3. The van der Waals surface area contributed by atoms with Crippen molar-refractivity contribution >= 4 is 17.2 Å². The average Bonchev–Trinajstić information content (AvgIpc) is 2.89. The molecule has 130 valence electrons. The summed E-state index contributed by atoms with van der Waals surface area (Å²) in [6, 6.07) is 9.61. The molecule has 1 aromatic carbocycles. The number of carbonyl (C=O) groups is 1. The lowest BCUT2D eigenvalue weighted by atomic mass is 10.1. The molecule has 0 aliphatic rings. The minimum Gasteiger partial charge on any atom is -0.406 e. The lowest BCUT2D eigenvalue weighted by molar-refractivity contribution is -0.274. The van der Waals surface area contributed by atoms with E-state index in [9.17, 15) is 18.0 Å². The Morgan fingerprint density at radius 1 is 1.17 bits per heavy atom. The molecule has 1 heterocycles. The Hall–Kier alpha value is -2.02. The molecule has 2 rings (SSSR count). The van der Waals surface area contributed by atoms with Gasteiger partial charge in [-0.2, -0.15) is 0 Å². The van der Waals surface area contributed by atoms with Crippen molar-refractivity contribution in [2.75, 3.05) is 7.05 Å². The van der Waals surface area contributed by atoms with E-state index in [1.54, 1.807) is 23.3 Å². The summed E-state index contributed by atoms with van der Waals surface area (Å²) < 4.78 is 40.1. The number of rotatable bonds is 6. The highest BCUT2D eigenvalue weighted by molar-refractivity contribution is 7.11. The Labute approximate surface area is 142 Å². The fourth-order valence-electron chi connectivity index (χ4n) is 2.19. The van der Waals surface area contributed by atoms with Crippen LogP contribution in [0.15, 0.2) is 36.4 Å². The Morgan fingerprint density at radius 2 is 1.83 bits per heavy atom. The zero-order valence-electron chi connectivity index (χ0n) is 13.4. The molecule has 0 N–H and O–H groups in total. The molecule has 2 aromatic rings. The molecule has 0 spiro atoms. The van der Waals surface area contributed by atoms with Crippen LogP contribution in [0.1, 0.15) is 21.7 Å². The minimum atomic E-state index is -4.69. The summed E-state index contributed by atoms with van der Waals surface area (Å²) in [7, 11) is 1.75. The van der Waals surface area contributed by atoms with Crippen LogP contribution in [0, 0.1) is 6.92 Å². The average molecular weight is 357 g/mol. The molecular weight excluding hydrogens is 339 g/mol. The van der Waals surface area contributed by atoms with Gasteiger partial charge in [0.1, 0.15) is 5.75 Å². The molecular formula is C17H18F3NO2S. The smallest absolute Gasteiger partial charge is 0.406 e. The van der Waals surface area contributed by atoms with Gasteiger partial charge in [-0.3, -0.25) is 4.79 Å². The summed E-state index contributed by atoms with van der Waals surface area (Å²) in [5, 5.41) is 0. The molecule has 0 aliphatic carbocycles. The summed E-state index contributed by atoms with van der Waals surface area (Å²) in [4.78, 5) is 16.1. The number of hydrogen-bond acceptors (Lipinski definition) is 3. The van der Waals surface area contributed by atoms with Crippen LogP contribution in [0.5, 0.6) is 5.75 Å². The van der Waals surface area contributed by atoms with Gasteiger partial charge in [-0.25, -0.2) is 0 Å². The number of thiophene rings is 1. The van der Waals surface area contributed by atoms with Gasteiger partial charge in [0.2, 0.25) is 5.91 Å². The summed E-state index contributed by atoms with van der Waals surface area (Å²) in [5.41, 5.74) is 0.790. The van der Waals surface area contributed by atoms with Gasteiger partial charge < -0.3 is 9.64 Å². The van der Waals surface area contributed by atoms with Gasteiger partial charge in [-0.15, -0.1) is 24.5 Å². The van der Waals surface area contributed by atoms with Crippen LogP contribution >= 0.6 is 11.3 Å². The second kappa shape index (κ2) is 7.70. The number of benzene rings is 1.